The molecular formula is C18H18N2O5. The molecule has 0 aromatic heterocycles. The number of nitrogens with zero attached hydrogens (tertiary/aromatic N) is 2. The van der Waals surface area contributed by atoms with Crippen molar-refractivity contribution in [3.8, 4) is 5.75 Å². The van der Waals surface area contributed by atoms with E-state index < -0.39 is 10.9 Å². The average molecular weight is 342 g/mol. The number of ether oxygens (including phenoxy) is 1. The number of aromatic carboxylic acids is 1. The Morgan fingerprint density at radius 2 is 2.04 bits per heavy atom. The SMILES string of the molecule is O=C(O)c1ccc(OC2CCN(Cc3ccccc3)C2)c([N+](=O)[O-])c1. The fraction of sp³-hybridized carbons (Fsp3) is 0.278. The lowest BCUT2D eigenvalue weighted by atomic mass is 10.2. The van der Waals surface area contributed by atoms with Crippen LogP contribution in [0, 0.1) is 10.1 Å². The molecule has 0 amide bonds. The topological polar surface area (TPSA) is 92.9 Å². The molecule has 2 aromatic rings. The van der Waals surface area contributed by atoms with Crippen molar-refractivity contribution < 1.29 is 19.6 Å². The van der Waals surface area contributed by atoms with Crippen molar-refractivity contribution >= 4 is 11.7 Å². The predicted octanol–water partition coefficient (Wildman–Crippen LogP) is 2.95. The van der Waals surface area contributed by atoms with Crippen molar-refractivity contribution in [2.75, 3.05) is 13.1 Å². The van der Waals surface area contributed by atoms with E-state index in [1.165, 1.54) is 17.7 Å². The lowest BCUT2D eigenvalue weighted by Gasteiger charge is -2.17. The Morgan fingerprint density at radius 3 is 2.72 bits per heavy atom. The molecule has 7 heteroatoms. The van der Waals surface area contributed by atoms with Gasteiger partial charge in [0.15, 0.2) is 5.75 Å². The molecule has 0 radical (unpaired) electrons. The van der Waals surface area contributed by atoms with Gasteiger partial charge in [0, 0.05) is 25.7 Å². The second kappa shape index (κ2) is 7.31. The van der Waals surface area contributed by atoms with E-state index >= 15 is 0 Å². The fourth-order valence-corrected chi connectivity index (χ4v) is 2.95. The number of carboxylic acids is 1. The Balaban J connectivity index is 1.67. The highest BCUT2D eigenvalue weighted by molar-refractivity contribution is 5.88. The number of rotatable bonds is 6. The molecule has 25 heavy (non-hydrogen) atoms. The zero-order valence-corrected chi connectivity index (χ0v) is 13.5. The van der Waals surface area contributed by atoms with Crippen LogP contribution in [0.3, 0.4) is 0 Å². The summed E-state index contributed by atoms with van der Waals surface area (Å²) in [6.07, 6.45) is 0.614. The Morgan fingerprint density at radius 1 is 1.28 bits per heavy atom. The normalized spacial score (nSPS) is 17.4. The number of carboxylic acid groups (broad SMARTS) is 1. The van der Waals surface area contributed by atoms with Gasteiger partial charge in [-0.15, -0.1) is 0 Å². The minimum absolute atomic E-state index is 0.113. The first kappa shape index (κ1) is 16.9. The molecule has 1 aliphatic rings. The summed E-state index contributed by atoms with van der Waals surface area (Å²) < 4.78 is 5.79. The lowest BCUT2D eigenvalue weighted by Crippen LogP contribution is -2.24. The van der Waals surface area contributed by atoms with Gasteiger partial charge < -0.3 is 9.84 Å². The molecule has 0 spiro atoms. The molecule has 1 heterocycles. The van der Waals surface area contributed by atoms with Crippen LogP contribution in [-0.2, 0) is 6.54 Å². The van der Waals surface area contributed by atoms with Crippen molar-refractivity contribution in [3.05, 3.63) is 69.8 Å². The molecule has 1 N–H and O–H groups in total. The third-order valence-electron chi connectivity index (χ3n) is 4.17. The van der Waals surface area contributed by atoms with Crippen molar-refractivity contribution in [2.45, 2.75) is 19.1 Å². The van der Waals surface area contributed by atoms with E-state index in [0.29, 0.717) is 6.54 Å². The van der Waals surface area contributed by atoms with Crippen LogP contribution in [0.5, 0.6) is 5.75 Å². The van der Waals surface area contributed by atoms with E-state index in [4.69, 9.17) is 9.84 Å². The second-order valence-electron chi connectivity index (χ2n) is 5.99. The van der Waals surface area contributed by atoms with Crippen molar-refractivity contribution in [1.29, 1.82) is 0 Å². The monoisotopic (exact) mass is 342 g/mol. The summed E-state index contributed by atoms with van der Waals surface area (Å²) in [4.78, 5) is 23.8. The maximum Gasteiger partial charge on any atom is 0.335 e. The van der Waals surface area contributed by atoms with Gasteiger partial charge in [0.2, 0.25) is 0 Å². The van der Waals surface area contributed by atoms with Gasteiger partial charge in [-0.05, 0) is 24.1 Å². The van der Waals surface area contributed by atoms with Crippen LogP contribution in [0.2, 0.25) is 0 Å². The van der Waals surface area contributed by atoms with Crippen LogP contribution in [0.15, 0.2) is 48.5 Å². The Hall–Kier alpha value is -2.93. The van der Waals surface area contributed by atoms with Gasteiger partial charge in [0.25, 0.3) is 0 Å². The van der Waals surface area contributed by atoms with Gasteiger partial charge in [-0.2, -0.15) is 0 Å². The summed E-state index contributed by atoms with van der Waals surface area (Å²) in [7, 11) is 0. The van der Waals surface area contributed by atoms with Crippen LogP contribution in [0.1, 0.15) is 22.3 Å². The van der Waals surface area contributed by atoms with Gasteiger partial charge in [-0.3, -0.25) is 15.0 Å². The molecule has 0 saturated carbocycles. The number of benzene rings is 2. The molecule has 1 saturated heterocycles. The third kappa shape index (κ3) is 4.13. The summed E-state index contributed by atoms with van der Waals surface area (Å²) in [5, 5.41) is 20.2. The molecule has 7 nitrogen and oxygen atoms in total. The first-order valence-corrected chi connectivity index (χ1v) is 7.97. The van der Waals surface area contributed by atoms with E-state index in [1.54, 1.807) is 0 Å². The van der Waals surface area contributed by atoms with E-state index in [2.05, 4.69) is 17.0 Å². The molecular weight excluding hydrogens is 324 g/mol. The summed E-state index contributed by atoms with van der Waals surface area (Å²) in [5.74, 6) is -1.09. The van der Waals surface area contributed by atoms with Gasteiger partial charge in [0.1, 0.15) is 6.10 Å². The maximum absolute atomic E-state index is 11.2. The smallest absolute Gasteiger partial charge is 0.335 e. The average Bonchev–Trinajstić information content (AvgIpc) is 3.02. The zero-order chi connectivity index (χ0) is 17.8. The summed E-state index contributed by atoms with van der Waals surface area (Å²) in [5.41, 5.74) is 0.762. The molecule has 1 unspecified atom stereocenters. The highest BCUT2D eigenvalue weighted by atomic mass is 16.6. The van der Waals surface area contributed by atoms with E-state index in [1.807, 2.05) is 18.2 Å². The highest BCUT2D eigenvalue weighted by Crippen LogP contribution is 2.30. The Labute approximate surface area is 144 Å². The van der Waals surface area contributed by atoms with Crippen LogP contribution < -0.4 is 4.74 Å². The molecule has 1 atom stereocenters. The van der Waals surface area contributed by atoms with Crippen molar-refractivity contribution in [3.63, 3.8) is 0 Å². The van der Waals surface area contributed by atoms with Crippen LogP contribution >= 0.6 is 0 Å². The van der Waals surface area contributed by atoms with Gasteiger partial charge >= 0.3 is 11.7 Å². The third-order valence-corrected chi connectivity index (χ3v) is 4.17. The standard InChI is InChI=1S/C18H18N2O5/c21-18(22)14-6-7-17(16(10-14)20(23)24)25-15-8-9-19(12-15)11-13-4-2-1-3-5-13/h1-7,10,15H,8-9,11-12H2,(H,21,22). The Bertz CT molecular complexity index is 778. The van der Waals surface area contributed by atoms with E-state index in [-0.39, 0.29) is 23.1 Å². The van der Waals surface area contributed by atoms with Crippen molar-refractivity contribution in [1.82, 2.24) is 4.90 Å². The quantitative estimate of drug-likeness (QED) is 0.641. The largest absolute Gasteiger partial charge is 0.482 e. The number of nitro groups is 1. The Kier molecular flexibility index (Phi) is 4.95. The molecule has 2 aromatic carbocycles. The van der Waals surface area contributed by atoms with Gasteiger partial charge in [-0.25, -0.2) is 4.79 Å². The molecule has 0 aliphatic carbocycles. The molecule has 1 aliphatic heterocycles. The van der Waals surface area contributed by atoms with E-state index in [0.717, 1.165) is 25.6 Å². The minimum atomic E-state index is -1.20. The zero-order valence-electron chi connectivity index (χ0n) is 13.5. The second-order valence-corrected chi connectivity index (χ2v) is 5.99. The van der Waals surface area contributed by atoms with Crippen LogP contribution in [-0.4, -0.2) is 40.1 Å². The maximum atomic E-state index is 11.2. The first-order valence-electron chi connectivity index (χ1n) is 7.97. The number of hydrogen-bond acceptors (Lipinski definition) is 5. The molecule has 1 fully saturated rings. The number of nitro benzene ring substituents is 1. The summed E-state index contributed by atoms with van der Waals surface area (Å²) >= 11 is 0. The number of likely N-dealkylation sites (tertiary alicyclic amines) is 1. The molecule has 0 bridgehead atoms. The molecule has 3 rings (SSSR count). The van der Waals surface area contributed by atoms with E-state index in [9.17, 15) is 14.9 Å². The first-order chi connectivity index (χ1) is 12.0. The predicted molar refractivity (Wildman–Crippen MR) is 90.8 cm³/mol. The molecule has 130 valence electrons. The number of carbonyl (C=O) groups is 1. The number of hydrogen-bond donors (Lipinski definition) is 1. The lowest BCUT2D eigenvalue weighted by molar-refractivity contribution is -0.386. The van der Waals surface area contributed by atoms with Crippen LogP contribution in [0.4, 0.5) is 5.69 Å². The van der Waals surface area contributed by atoms with Gasteiger partial charge in [-0.1, -0.05) is 30.3 Å². The fourth-order valence-electron chi connectivity index (χ4n) is 2.95. The summed E-state index contributed by atoms with van der Waals surface area (Å²) in [6.45, 7) is 2.33. The van der Waals surface area contributed by atoms with Crippen molar-refractivity contribution in [2.24, 2.45) is 0 Å². The van der Waals surface area contributed by atoms with Gasteiger partial charge in [0.05, 0.1) is 10.5 Å². The summed E-state index contributed by atoms with van der Waals surface area (Å²) in [6, 6.07) is 13.8. The minimum Gasteiger partial charge on any atom is -0.482 e. The van der Waals surface area contributed by atoms with Crippen LogP contribution in [0.25, 0.3) is 0 Å². The highest BCUT2D eigenvalue weighted by Gasteiger charge is 2.27.